The lowest BCUT2D eigenvalue weighted by Crippen LogP contribution is -2.43. The maximum absolute atomic E-state index is 12.7. The molecule has 1 unspecified atom stereocenters. The Hall–Kier alpha value is -1.72. The van der Waals surface area contributed by atoms with Crippen LogP contribution in [0.5, 0.6) is 0 Å². The standard InChI is InChI=1S/C19H22N2O2S/c22-17(14-6-2-1-3-7-14)21-19(9-4-5-10-19)18-20-16(13-24-18)15-8-11-23-12-15/h1-3,6-7,13,15H,4-5,8-12H2,(H,21,22). The molecule has 1 saturated carbocycles. The normalized spacial score (nSPS) is 22.6. The van der Waals surface area contributed by atoms with Crippen molar-refractivity contribution in [3.05, 3.63) is 52.0 Å². The number of benzene rings is 1. The molecule has 2 heterocycles. The van der Waals surface area contributed by atoms with Crippen molar-refractivity contribution >= 4 is 17.2 Å². The molecular formula is C19H22N2O2S. The maximum Gasteiger partial charge on any atom is 0.252 e. The van der Waals surface area contributed by atoms with Crippen molar-refractivity contribution < 1.29 is 9.53 Å². The van der Waals surface area contributed by atoms with Crippen LogP contribution in [0.15, 0.2) is 35.7 Å². The quantitative estimate of drug-likeness (QED) is 0.918. The number of amides is 1. The molecule has 1 N–H and O–H groups in total. The Labute approximate surface area is 146 Å². The van der Waals surface area contributed by atoms with E-state index in [1.54, 1.807) is 11.3 Å². The molecule has 1 saturated heterocycles. The predicted octanol–water partition coefficient (Wildman–Crippen LogP) is 3.85. The van der Waals surface area contributed by atoms with E-state index in [4.69, 9.17) is 9.72 Å². The van der Waals surface area contributed by atoms with E-state index in [9.17, 15) is 4.79 Å². The molecule has 1 aromatic carbocycles. The fourth-order valence-corrected chi connectivity index (χ4v) is 4.83. The molecule has 2 aromatic rings. The first kappa shape index (κ1) is 15.8. The number of thiazole rings is 1. The second-order valence-corrected chi connectivity index (χ2v) is 7.61. The molecule has 1 aromatic heterocycles. The van der Waals surface area contributed by atoms with Crippen molar-refractivity contribution in [1.29, 1.82) is 0 Å². The van der Waals surface area contributed by atoms with E-state index in [1.807, 2.05) is 30.3 Å². The minimum absolute atomic E-state index is 0.00144. The second kappa shape index (κ2) is 6.65. The number of hydrogen-bond acceptors (Lipinski definition) is 4. The molecule has 126 valence electrons. The van der Waals surface area contributed by atoms with Crippen LogP contribution in [-0.4, -0.2) is 24.1 Å². The molecule has 1 atom stereocenters. The Kier molecular flexibility index (Phi) is 4.37. The van der Waals surface area contributed by atoms with Crippen molar-refractivity contribution in [2.24, 2.45) is 0 Å². The van der Waals surface area contributed by atoms with E-state index < -0.39 is 0 Å². The third-order valence-electron chi connectivity index (χ3n) is 5.13. The molecule has 24 heavy (non-hydrogen) atoms. The topological polar surface area (TPSA) is 51.2 Å². The van der Waals surface area contributed by atoms with Crippen molar-refractivity contribution in [2.45, 2.75) is 43.6 Å². The van der Waals surface area contributed by atoms with Crippen molar-refractivity contribution in [3.63, 3.8) is 0 Å². The molecule has 1 aliphatic heterocycles. The summed E-state index contributed by atoms with van der Waals surface area (Å²) in [5.74, 6) is 0.414. The van der Waals surface area contributed by atoms with Gasteiger partial charge in [0.05, 0.1) is 17.8 Å². The molecular weight excluding hydrogens is 320 g/mol. The third-order valence-corrected chi connectivity index (χ3v) is 6.19. The van der Waals surface area contributed by atoms with Gasteiger partial charge in [0, 0.05) is 23.5 Å². The Morgan fingerprint density at radius 1 is 1.25 bits per heavy atom. The fraction of sp³-hybridized carbons (Fsp3) is 0.474. The molecule has 4 nitrogen and oxygen atoms in total. The maximum atomic E-state index is 12.7. The van der Waals surface area contributed by atoms with Gasteiger partial charge in [0.15, 0.2) is 0 Å². The summed E-state index contributed by atoms with van der Waals surface area (Å²) in [6.45, 7) is 1.60. The zero-order valence-corrected chi connectivity index (χ0v) is 14.5. The van der Waals surface area contributed by atoms with Crippen LogP contribution >= 0.6 is 11.3 Å². The largest absolute Gasteiger partial charge is 0.381 e. The first-order chi connectivity index (χ1) is 11.8. The number of rotatable bonds is 4. The molecule has 4 rings (SSSR count). The molecule has 0 bridgehead atoms. The van der Waals surface area contributed by atoms with Crippen molar-refractivity contribution in [3.8, 4) is 0 Å². The van der Waals surface area contributed by atoms with Gasteiger partial charge in [-0.05, 0) is 31.4 Å². The summed E-state index contributed by atoms with van der Waals surface area (Å²) in [7, 11) is 0. The van der Waals surface area contributed by atoms with Crippen LogP contribution in [0.4, 0.5) is 0 Å². The summed E-state index contributed by atoms with van der Waals surface area (Å²) in [5, 5.41) is 6.52. The van der Waals surface area contributed by atoms with Gasteiger partial charge in [-0.1, -0.05) is 31.0 Å². The number of ether oxygens (including phenoxy) is 1. The number of nitrogens with zero attached hydrogens (tertiary/aromatic N) is 1. The van der Waals surface area contributed by atoms with Crippen molar-refractivity contribution in [2.75, 3.05) is 13.2 Å². The van der Waals surface area contributed by atoms with Gasteiger partial charge in [-0.2, -0.15) is 0 Å². The fourth-order valence-electron chi connectivity index (χ4n) is 3.71. The molecule has 5 heteroatoms. The SMILES string of the molecule is O=C(NC1(c2nc(C3CCOC3)cs2)CCCC1)c1ccccc1. The van der Waals surface area contributed by atoms with E-state index >= 15 is 0 Å². The van der Waals surface area contributed by atoms with Crippen molar-refractivity contribution in [1.82, 2.24) is 10.3 Å². The predicted molar refractivity (Wildman–Crippen MR) is 94.3 cm³/mol. The number of carbonyl (C=O) groups excluding carboxylic acids is 1. The van der Waals surface area contributed by atoms with Gasteiger partial charge in [-0.25, -0.2) is 4.98 Å². The summed E-state index contributed by atoms with van der Waals surface area (Å²) in [6.07, 6.45) is 5.26. The van der Waals surface area contributed by atoms with E-state index in [0.29, 0.717) is 11.5 Å². The minimum Gasteiger partial charge on any atom is -0.381 e. The van der Waals surface area contributed by atoms with Crippen LogP contribution in [0.2, 0.25) is 0 Å². The summed E-state index contributed by atoms with van der Waals surface area (Å²) in [6, 6.07) is 9.46. The first-order valence-corrected chi connectivity index (χ1v) is 9.56. The number of hydrogen-bond donors (Lipinski definition) is 1. The lowest BCUT2D eigenvalue weighted by molar-refractivity contribution is 0.0898. The van der Waals surface area contributed by atoms with Gasteiger partial charge in [0.25, 0.3) is 5.91 Å². The molecule has 1 aliphatic carbocycles. The summed E-state index contributed by atoms with van der Waals surface area (Å²) >= 11 is 1.69. The zero-order valence-electron chi connectivity index (χ0n) is 13.7. The van der Waals surface area contributed by atoms with Crippen LogP contribution in [-0.2, 0) is 10.3 Å². The van der Waals surface area contributed by atoms with E-state index in [1.165, 1.54) is 0 Å². The highest BCUT2D eigenvalue weighted by molar-refractivity contribution is 7.09. The lowest BCUT2D eigenvalue weighted by atomic mass is 9.97. The number of carbonyl (C=O) groups is 1. The van der Waals surface area contributed by atoms with Gasteiger partial charge >= 0.3 is 0 Å². The summed E-state index contributed by atoms with van der Waals surface area (Å²) in [4.78, 5) is 17.6. The zero-order chi connectivity index (χ0) is 16.4. The van der Waals surface area contributed by atoms with Gasteiger partial charge in [-0.3, -0.25) is 4.79 Å². The van der Waals surface area contributed by atoms with E-state index in [0.717, 1.165) is 56.0 Å². The van der Waals surface area contributed by atoms with Crippen LogP contribution in [0.3, 0.4) is 0 Å². The molecule has 2 aliphatic rings. The Balaban J connectivity index is 1.58. The highest BCUT2D eigenvalue weighted by atomic mass is 32.1. The van der Waals surface area contributed by atoms with Crippen LogP contribution in [0.25, 0.3) is 0 Å². The average molecular weight is 342 g/mol. The Bertz CT molecular complexity index is 701. The molecule has 1 amide bonds. The van der Waals surface area contributed by atoms with Gasteiger partial charge < -0.3 is 10.1 Å². The first-order valence-electron chi connectivity index (χ1n) is 8.68. The summed E-state index contributed by atoms with van der Waals surface area (Å²) in [5.41, 5.74) is 1.55. The smallest absolute Gasteiger partial charge is 0.252 e. The van der Waals surface area contributed by atoms with Crippen LogP contribution in [0, 0.1) is 0 Å². The van der Waals surface area contributed by atoms with Gasteiger partial charge in [0.1, 0.15) is 5.01 Å². The molecule has 0 spiro atoms. The second-order valence-electron chi connectivity index (χ2n) is 6.75. The van der Waals surface area contributed by atoms with Crippen LogP contribution < -0.4 is 5.32 Å². The van der Waals surface area contributed by atoms with Crippen LogP contribution in [0.1, 0.15) is 59.1 Å². The number of aromatic nitrogens is 1. The molecule has 0 radical (unpaired) electrons. The minimum atomic E-state index is -0.296. The van der Waals surface area contributed by atoms with Gasteiger partial charge in [0.2, 0.25) is 0 Å². The monoisotopic (exact) mass is 342 g/mol. The third kappa shape index (κ3) is 2.98. The Morgan fingerprint density at radius 2 is 2.04 bits per heavy atom. The lowest BCUT2D eigenvalue weighted by Gasteiger charge is -2.28. The summed E-state index contributed by atoms with van der Waals surface area (Å²) < 4.78 is 5.49. The van der Waals surface area contributed by atoms with E-state index in [-0.39, 0.29) is 11.4 Å². The Morgan fingerprint density at radius 3 is 2.75 bits per heavy atom. The average Bonchev–Trinajstić information content (AvgIpc) is 3.36. The molecule has 2 fully saturated rings. The highest BCUT2D eigenvalue weighted by Crippen LogP contribution is 2.41. The number of nitrogens with one attached hydrogen (secondary N) is 1. The highest BCUT2D eigenvalue weighted by Gasteiger charge is 2.40. The van der Waals surface area contributed by atoms with E-state index in [2.05, 4.69) is 10.7 Å². The van der Waals surface area contributed by atoms with Gasteiger partial charge in [-0.15, -0.1) is 11.3 Å².